The van der Waals surface area contributed by atoms with Crippen molar-refractivity contribution < 1.29 is 9.90 Å². The fourth-order valence-electron chi connectivity index (χ4n) is 1.79. The molecule has 78 valence electrons. The first-order chi connectivity index (χ1) is 7.07. The number of benzene rings is 1. The van der Waals surface area contributed by atoms with Gasteiger partial charge in [0.15, 0.2) is 6.29 Å². The minimum atomic E-state index is 0.123. The number of aromatic hydroxyl groups is 1. The average molecular weight is 268 g/mol. The number of halogens is 1. The van der Waals surface area contributed by atoms with Crippen LogP contribution in [0.25, 0.3) is 10.9 Å². The highest BCUT2D eigenvalue weighted by molar-refractivity contribution is 9.10. The van der Waals surface area contributed by atoms with E-state index in [2.05, 4.69) is 15.9 Å². The van der Waals surface area contributed by atoms with Gasteiger partial charge in [-0.3, -0.25) is 4.79 Å². The maximum absolute atomic E-state index is 11.0. The van der Waals surface area contributed by atoms with Gasteiger partial charge in [0.1, 0.15) is 5.75 Å². The molecule has 0 unspecified atom stereocenters. The molecule has 0 atom stereocenters. The number of rotatable bonds is 1. The summed E-state index contributed by atoms with van der Waals surface area (Å²) < 4.78 is 2.49. The van der Waals surface area contributed by atoms with Crippen LogP contribution >= 0.6 is 15.9 Å². The van der Waals surface area contributed by atoms with Crippen molar-refractivity contribution in [3.63, 3.8) is 0 Å². The predicted molar refractivity (Wildman–Crippen MR) is 62.4 cm³/mol. The first-order valence-electron chi connectivity index (χ1n) is 4.49. The smallest absolute Gasteiger partial charge is 0.152 e. The van der Waals surface area contributed by atoms with Crippen LogP contribution in [0.15, 0.2) is 16.6 Å². The molecule has 0 saturated carbocycles. The summed E-state index contributed by atoms with van der Waals surface area (Å²) >= 11 is 3.24. The second-order valence-corrected chi connectivity index (χ2v) is 4.32. The molecule has 1 N–H and O–H groups in total. The van der Waals surface area contributed by atoms with Crippen LogP contribution in [0.1, 0.15) is 16.1 Å². The molecule has 0 aliphatic carbocycles. The highest BCUT2D eigenvalue weighted by atomic mass is 79.9. The Labute approximate surface area is 95.5 Å². The molecular weight excluding hydrogens is 258 g/mol. The van der Waals surface area contributed by atoms with Gasteiger partial charge >= 0.3 is 0 Å². The molecule has 1 aromatic heterocycles. The molecule has 2 aromatic rings. The molecule has 2 rings (SSSR count). The number of fused-ring (bicyclic) bond motifs is 1. The number of phenolic OH excluding ortho intramolecular Hbond substituents is 1. The third-order valence-corrected chi connectivity index (χ3v) is 3.39. The van der Waals surface area contributed by atoms with Crippen molar-refractivity contribution in [1.29, 1.82) is 0 Å². The average Bonchev–Trinajstić information content (AvgIpc) is 2.47. The summed E-state index contributed by atoms with van der Waals surface area (Å²) in [6.45, 7) is 1.86. The molecule has 0 amide bonds. The van der Waals surface area contributed by atoms with Crippen LogP contribution in [-0.2, 0) is 7.05 Å². The van der Waals surface area contributed by atoms with Gasteiger partial charge < -0.3 is 9.67 Å². The number of hydrogen-bond donors (Lipinski definition) is 1. The molecule has 0 fully saturated rings. The topological polar surface area (TPSA) is 42.2 Å². The second kappa shape index (κ2) is 3.38. The van der Waals surface area contributed by atoms with Crippen molar-refractivity contribution in [2.75, 3.05) is 0 Å². The summed E-state index contributed by atoms with van der Waals surface area (Å²) in [4.78, 5) is 11.0. The molecule has 0 radical (unpaired) electrons. The number of hydrogen-bond acceptors (Lipinski definition) is 2. The first-order valence-corrected chi connectivity index (χ1v) is 5.29. The number of carbonyl (C=O) groups is 1. The molecule has 3 nitrogen and oxygen atoms in total. The van der Waals surface area contributed by atoms with Gasteiger partial charge in [0, 0.05) is 18.3 Å². The number of aromatic nitrogens is 1. The van der Waals surface area contributed by atoms with E-state index in [4.69, 9.17) is 0 Å². The van der Waals surface area contributed by atoms with Crippen molar-refractivity contribution in [1.82, 2.24) is 4.57 Å². The van der Waals surface area contributed by atoms with E-state index < -0.39 is 0 Å². The van der Waals surface area contributed by atoms with Crippen molar-refractivity contribution in [3.05, 3.63) is 27.9 Å². The lowest BCUT2D eigenvalue weighted by Crippen LogP contribution is -1.91. The highest BCUT2D eigenvalue weighted by Crippen LogP contribution is 2.36. The van der Waals surface area contributed by atoms with E-state index in [1.807, 2.05) is 24.6 Å². The van der Waals surface area contributed by atoms with Gasteiger partial charge in [-0.05, 0) is 35.0 Å². The lowest BCUT2D eigenvalue weighted by molar-refractivity contribution is 0.112. The Morgan fingerprint density at radius 2 is 2.13 bits per heavy atom. The molecule has 0 saturated heterocycles. The quantitative estimate of drug-likeness (QED) is 0.808. The van der Waals surface area contributed by atoms with E-state index in [-0.39, 0.29) is 5.75 Å². The second-order valence-electron chi connectivity index (χ2n) is 3.47. The van der Waals surface area contributed by atoms with E-state index in [9.17, 15) is 9.90 Å². The summed E-state index contributed by atoms with van der Waals surface area (Å²) in [5.41, 5.74) is 2.26. The first kappa shape index (κ1) is 10.2. The van der Waals surface area contributed by atoms with Crippen molar-refractivity contribution in [3.8, 4) is 5.75 Å². The van der Waals surface area contributed by atoms with Gasteiger partial charge in [-0.2, -0.15) is 0 Å². The fraction of sp³-hybridized carbons (Fsp3) is 0.182. The molecule has 15 heavy (non-hydrogen) atoms. The third kappa shape index (κ3) is 1.28. The summed E-state index contributed by atoms with van der Waals surface area (Å²) in [7, 11) is 1.87. The van der Waals surface area contributed by atoms with Crippen LogP contribution in [0.5, 0.6) is 5.75 Å². The number of phenols is 1. The van der Waals surface area contributed by atoms with Crippen LogP contribution in [0.4, 0.5) is 0 Å². The lowest BCUT2D eigenvalue weighted by Gasteiger charge is -2.00. The zero-order valence-corrected chi connectivity index (χ0v) is 10.00. The molecule has 0 bridgehead atoms. The summed E-state index contributed by atoms with van der Waals surface area (Å²) in [6.07, 6.45) is 0.782. The van der Waals surface area contributed by atoms with Crippen LogP contribution in [-0.4, -0.2) is 16.0 Å². The predicted octanol–water partition coefficient (Wildman–Crippen LogP) is 2.77. The molecular formula is C11H10BrNO2. The fourth-order valence-corrected chi connectivity index (χ4v) is 2.12. The lowest BCUT2D eigenvalue weighted by atomic mass is 10.1. The van der Waals surface area contributed by atoms with Crippen molar-refractivity contribution >= 4 is 33.1 Å². The maximum atomic E-state index is 11.0. The molecule has 0 aliphatic heterocycles. The summed E-state index contributed by atoms with van der Waals surface area (Å²) in [5.74, 6) is 0.123. The van der Waals surface area contributed by atoms with Crippen molar-refractivity contribution in [2.45, 2.75) is 6.92 Å². The Bertz CT molecular complexity index is 557. The van der Waals surface area contributed by atoms with E-state index in [0.29, 0.717) is 15.4 Å². The highest BCUT2D eigenvalue weighted by Gasteiger charge is 2.15. The summed E-state index contributed by atoms with van der Waals surface area (Å²) in [6, 6.07) is 3.64. The minimum absolute atomic E-state index is 0.123. The van der Waals surface area contributed by atoms with Crippen molar-refractivity contribution in [2.24, 2.45) is 7.05 Å². The largest absolute Gasteiger partial charge is 0.506 e. The Hall–Kier alpha value is -1.29. The molecule has 0 aliphatic rings. The maximum Gasteiger partial charge on any atom is 0.152 e. The van der Waals surface area contributed by atoms with Crippen LogP contribution in [0.3, 0.4) is 0 Å². The van der Waals surface area contributed by atoms with E-state index in [1.165, 1.54) is 0 Å². The molecule has 0 spiro atoms. The molecule has 4 heteroatoms. The van der Waals surface area contributed by atoms with Gasteiger partial charge in [-0.1, -0.05) is 0 Å². The third-order valence-electron chi connectivity index (χ3n) is 2.75. The number of nitrogens with zero attached hydrogens (tertiary/aromatic N) is 1. The number of carbonyl (C=O) groups excluding carboxylic acids is 1. The van der Waals surface area contributed by atoms with Crippen LogP contribution < -0.4 is 0 Å². The van der Waals surface area contributed by atoms with Gasteiger partial charge in [-0.25, -0.2) is 0 Å². The monoisotopic (exact) mass is 267 g/mol. The van der Waals surface area contributed by atoms with Gasteiger partial charge in [-0.15, -0.1) is 0 Å². The normalized spacial score (nSPS) is 10.9. The summed E-state index contributed by atoms with van der Waals surface area (Å²) in [5, 5.41) is 10.5. The Kier molecular flexibility index (Phi) is 2.31. The Morgan fingerprint density at radius 1 is 1.47 bits per heavy atom. The zero-order chi connectivity index (χ0) is 11.2. The van der Waals surface area contributed by atoms with Gasteiger partial charge in [0.2, 0.25) is 0 Å². The Balaban J connectivity index is 3.05. The SMILES string of the molecule is Cc1c(C=O)c2c(O)c(Br)ccc2n1C. The molecule has 1 aromatic carbocycles. The van der Waals surface area contributed by atoms with Crippen LogP contribution in [0, 0.1) is 6.92 Å². The Morgan fingerprint density at radius 3 is 2.73 bits per heavy atom. The molecule has 1 heterocycles. The van der Waals surface area contributed by atoms with Gasteiger partial charge in [0.05, 0.1) is 15.4 Å². The van der Waals surface area contributed by atoms with E-state index in [1.54, 1.807) is 6.07 Å². The van der Waals surface area contributed by atoms with Crippen LogP contribution in [0.2, 0.25) is 0 Å². The van der Waals surface area contributed by atoms with E-state index >= 15 is 0 Å². The van der Waals surface area contributed by atoms with Gasteiger partial charge in [0.25, 0.3) is 0 Å². The minimum Gasteiger partial charge on any atom is -0.506 e. The van der Waals surface area contributed by atoms with E-state index in [0.717, 1.165) is 17.5 Å². The zero-order valence-electron chi connectivity index (χ0n) is 8.41. The number of aldehydes is 1. The standard InChI is InChI=1S/C11H10BrNO2/c1-6-7(5-14)10-9(13(6)2)4-3-8(12)11(10)15/h3-5,15H,1-2H3. The number of aryl methyl sites for hydroxylation is 1.